The number of aliphatic carboxylic acids is 1. The maximum absolute atomic E-state index is 12.2. The van der Waals surface area contributed by atoms with Crippen molar-refractivity contribution in [3.63, 3.8) is 0 Å². The van der Waals surface area contributed by atoms with Crippen LogP contribution < -0.4 is 5.32 Å². The predicted octanol–water partition coefficient (Wildman–Crippen LogP) is 0.798. The Labute approximate surface area is 144 Å². The van der Waals surface area contributed by atoms with Gasteiger partial charge in [-0.2, -0.15) is 5.10 Å². The van der Waals surface area contributed by atoms with Gasteiger partial charge in [0.15, 0.2) is 11.3 Å². The summed E-state index contributed by atoms with van der Waals surface area (Å²) in [6.45, 7) is 2.91. The number of carboxylic acids is 1. The summed E-state index contributed by atoms with van der Waals surface area (Å²) in [7, 11) is -1.10. The average molecular weight is 370 g/mol. The second-order valence-electron chi connectivity index (χ2n) is 5.90. The highest BCUT2D eigenvalue weighted by Crippen LogP contribution is 2.20. The molecule has 0 aliphatic heterocycles. The van der Waals surface area contributed by atoms with Crippen LogP contribution in [-0.2, 0) is 20.4 Å². The first kappa shape index (κ1) is 18.7. The third-order valence-corrected chi connectivity index (χ3v) is 5.17. The van der Waals surface area contributed by atoms with E-state index in [2.05, 4.69) is 10.4 Å². The van der Waals surface area contributed by atoms with Crippen LogP contribution in [0.25, 0.3) is 0 Å². The van der Waals surface area contributed by atoms with Gasteiger partial charge < -0.3 is 14.8 Å². The van der Waals surface area contributed by atoms with Gasteiger partial charge in [-0.25, -0.2) is 17.5 Å². The molecule has 11 heteroatoms. The largest absolute Gasteiger partial charge is 0.479 e. The molecule has 10 nitrogen and oxygen atoms in total. The summed E-state index contributed by atoms with van der Waals surface area (Å²) in [5.41, 5.74) is -1.05. The van der Waals surface area contributed by atoms with Crippen molar-refractivity contribution in [3.05, 3.63) is 30.3 Å². The maximum Gasteiger partial charge on any atom is 0.331 e. The molecule has 0 aliphatic carbocycles. The summed E-state index contributed by atoms with van der Waals surface area (Å²) in [6, 6.07) is 2.42. The van der Waals surface area contributed by atoms with Crippen LogP contribution in [0.5, 0.6) is 0 Å². The summed E-state index contributed by atoms with van der Waals surface area (Å²) >= 11 is 0. The topological polar surface area (TPSA) is 135 Å². The molecule has 136 valence electrons. The second-order valence-corrected chi connectivity index (χ2v) is 7.98. The van der Waals surface area contributed by atoms with E-state index >= 15 is 0 Å². The second kappa shape index (κ2) is 6.33. The standard InChI is InChI=1S/C14H18N4O6S/c1-14(2,13(20)21)18-8-9(7-15-18)16-12(19)10-5-6-11(24-10)25(22,23)17(3)4/h5-8H,1-4H3,(H,16,19)(H,20,21). The molecule has 0 saturated carbocycles. The van der Waals surface area contributed by atoms with E-state index in [0.29, 0.717) is 0 Å². The molecule has 0 spiro atoms. The average Bonchev–Trinajstić information content (AvgIpc) is 3.16. The predicted molar refractivity (Wildman–Crippen MR) is 86.7 cm³/mol. The molecular formula is C14H18N4O6S. The number of amides is 1. The third-order valence-electron chi connectivity index (χ3n) is 3.48. The van der Waals surface area contributed by atoms with Gasteiger partial charge in [0.2, 0.25) is 5.09 Å². The number of rotatable bonds is 6. The lowest BCUT2D eigenvalue weighted by Gasteiger charge is -2.19. The fourth-order valence-corrected chi connectivity index (χ4v) is 2.54. The minimum absolute atomic E-state index is 0.203. The van der Waals surface area contributed by atoms with Crippen molar-refractivity contribution in [2.75, 3.05) is 19.4 Å². The van der Waals surface area contributed by atoms with E-state index in [0.717, 1.165) is 4.31 Å². The van der Waals surface area contributed by atoms with Gasteiger partial charge >= 0.3 is 5.97 Å². The van der Waals surface area contributed by atoms with Crippen molar-refractivity contribution in [2.24, 2.45) is 0 Å². The molecule has 1 amide bonds. The van der Waals surface area contributed by atoms with Crippen LogP contribution in [0.15, 0.2) is 34.0 Å². The van der Waals surface area contributed by atoms with Gasteiger partial charge in [0.05, 0.1) is 11.9 Å². The fraction of sp³-hybridized carbons (Fsp3) is 0.357. The van der Waals surface area contributed by atoms with Crippen LogP contribution in [-0.4, -0.2) is 53.6 Å². The van der Waals surface area contributed by atoms with E-state index in [9.17, 15) is 18.0 Å². The van der Waals surface area contributed by atoms with Crippen LogP contribution in [0.4, 0.5) is 5.69 Å². The van der Waals surface area contributed by atoms with E-state index < -0.39 is 27.4 Å². The summed E-state index contributed by atoms with van der Waals surface area (Å²) in [5.74, 6) is -1.98. The van der Waals surface area contributed by atoms with Gasteiger partial charge in [-0.1, -0.05) is 0 Å². The normalized spacial score (nSPS) is 12.4. The molecule has 0 bridgehead atoms. The van der Waals surface area contributed by atoms with Gasteiger partial charge in [-0.15, -0.1) is 0 Å². The van der Waals surface area contributed by atoms with Crippen LogP contribution >= 0.6 is 0 Å². The summed E-state index contributed by atoms with van der Waals surface area (Å²) < 4.78 is 31.1. The first-order chi connectivity index (χ1) is 11.5. The van der Waals surface area contributed by atoms with Gasteiger partial charge in [0.1, 0.15) is 0 Å². The van der Waals surface area contributed by atoms with Gasteiger partial charge in [-0.3, -0.25) is 9.48 Å². The van der Waals surface area contributed by atoms with E-state index in [1.807, 2.05) is 0 Å². The zero-order valence-corrected chi connectivity index (χ0v) is 14.9. The summed E-state index contributed by atoms with van der Waals surface area (Å²) in [5, 5.41) is 15.2. The number of nitrogens with one attached hydrogen (secondary N) is 1. The minimum Gasteiger partial charge on any atom is -0.479 e. The van der Waals surface area contributed by atoms with Gasteiger partial charge in [0.25, 0.3) is 15.9 Å². The molecule has 25 heavy (non-hydrogen) atoms. The van der Waals surface area contributed by atoms with Crippen molar-refractivity contribution in [1.29, 1.82) is 0 Å². The number of carboxylic acid groups (broad SMARTS) is 1. The number of nitrogens with zero attached hydrogens (tertiary/aromatic N) is 3. The monoisotopic (exact) mass is 370 g/mol. The number of furan rings is 1. The molecule has 2 rings (SSSR count). The number of hydrogen-bond acceptors (Lipinski definition) is 6. The van der Waals surface area contributed by atoms with E-state index in [1.165, 1.54) is 57.2 Å². The number of sulfonamides is 1. The molecule has 0 aliphatic rings. The molecule has 0 saturated heterocycles. The first-order valence-electron chi connectivity index (χ1n) is 7.08. The fourth-order valence-electron chi connectivity index (χ4n) is 1.74. The summed E-state index contributed by atoms with van der Waals surface area (Å²) in [6.07, 6.45) is 2.63. The lowest BCUT2D eigenvalue weighted by Crippen LogP contribution is -2.35. The highest BCUT2D eigenvalue weighted by atomic mass is 32.2. The summed E-state index contributed by atoms with van der Waals surface area (Å²) in [4.78, 5) is 23.4. The molecule has 2 aromatic heterocycles. The molecule has 2 N–H and O–H groups in total. The van der Waals surface area contributed by atoms with Crippen LogP contribution in [0.3, 0.4) is 0 Å². The Kier molecular flexibility index (Phi) is 4.73. The highest BCUT2D eigenvalue weighted by molar-refractivity contribution is 7.88. The molecule has 2 aromatic rings. The molecule has 2 heterocycles. The Hall–Kier alpha value is -2.66. The van der Waals surface area contributed by atoms with E-state index in [1.54, 1.807) is 0 Å². The highest BCUT2D eigenvalue weighted by Gasteiger charge is 2.30. The minimum atomic E-state index is -3.78. The smallest absolute Gasteiger partial charge is 0.331 e. The number of anilines is 1. The van der Waals surface area contributed by atoms with Gasteiger partial charge in [-0.05, 0) is 26.0 Å². The quantitative estimate of drug-likeness (QED) is 0.768. The molecule has 0 atom stereocenters. The Balaban J connectivity index is 2.18. The van der Waals surface area contributed by atoms with Gasteiger partial charge in [0, 0.05) is 20.3 Å². The van der Waals surface area contributed by atoms with E-state index in [-0.39, 0.29) is 16.5 Å². The molecule has 0 aromatic carbocycles. The number of aromatic nitrogens is 2. The van der Waals surface area contributed by atoms with Crippen molar-refractivity contribution in [2.45, 2.75) is 24.5 Å². The number of hydrogen-bond donors (Lipinski definition) is 2. The molecular weight excluding hydrogens is 352 g/mol. The van der Waals surface area contributed by atoms with Crippen LogP contribution in [0, 0.1) is 0 Å². The van der Waals surface area contributed by atoms with E-state index in [4.69, 9.17) is 9.52 Å². The Morgan fingerprint density at radius 3 is 2.52 bits per heavy atom. The van der Waals surface area contributed by atoms with Crippen molar-refractivity contribution in [1.82, 2.24) is 14.1 Å². The Bertz CT molecular complexity index is 909. The first-order valence-corrected chi connectivity index (χ1v) is 8.52. The SMILES string of the molecule is CN(C)S(=O)(=O)c1ccc(C(=O)Nc2cnn(C(C)(C)C(=O)O)c2)o1. The maximum atomic E-state index is 12.2. The van der Waals surface area contributed by atoms with Crippen molar-refractivity contribution in [3.8, 4) is 0 Å². The molecule has 0 radical (unpaired) electrons. The molecule has 0 unspecified atom stereocenters. The Morgan fingerprint density at radius 2 is 1.96 bits per heavy atom. The van der Waals surface area contributed by atoms with Crippen molar-refractivity contribution >= 4 is 27.6 Å². The zero-order chi connectivity index (χ0) is 19.0. The van der Waals surface area contributed by atoms with Crippen molar-refractivity contribution < 1.29 is 27.5 Å². The van der Waals surface area contributed by atoms with Crippen LogP contribution in [0.2, 0.25) is 0 Å². The van der Waals surface area contributed by atoms with Crippen LogP contribution in [0.1, 0.15) is 24.4 Å². The number of carbonyl (C=O) groups excluding carboxylic acids is 1. The lowest BCUT2D eigenvalue weighted by atomic mass is 10.1. The zero-order valence-electron chi connectivity index (χ0n) is 14.0. The lowest BCUT2D eigenvalue weighted by molar-refractivity contribution is -0.146. The Morgan fingerprint density at radius 1 is 1.32 bits per heavy atom. The molecule has 0 fully saturated rings. The third kappa shape index (κ3) is 3.56. The number of carbonyl (C=O) groups is 2.